The van der Waals surface area contributed by atoms with Crippen molar-refractivity contribution >= 4 is 16.7 Å². The Labute approximate surface area is 163 Å². The average molecular weight is 372 g/mol. The van der Waals surface area contributed by atoms with Crippen molar-refractivity contribution in [3.63, 3.8) is 0 Å². The van der Waals surface area contributed by atoms with E-state index in [-0.39, 0.29) is 17.5 Å². The average Bonchev–Trinajstić information content (AvgIpc) is 2.68. The molecule has 140 valence electrons. The van der Waals surface area contributed by atoms with Gasteiger partial charge in [0.25, 0.3) is 5.82 Å². The molecule has 2 aromatic heterocycles. The molecule has 0 saturated heterocycles. The van der Waals surface area contributed by atoms with E-state index in [4.69, 9.17) is 0 Å². The van der Waals surface area contributed by atoms with Crippen molar-refractivity contribution in [1.29, 1.82) is 0 Å². The standard InChI is InChI=1S/C23H21N3O2/c1-14-4-3-5-20(24-14)26-21(16-8-11-18(27)12-9-16)19-13-10-17-7-6-15(2)25-22(17)23(19)28/h3-13,21,27-28H,1-2H3,(H,24,26)/p+1/t21-/m0/s1. The van der Waals surface area contributed by atoms with E-state index in [1.807, 2.05) is 68.4 Å². The van der Waals surface area contributed by atoms with Crippen LogP contribution in [-0.4, -0.2) is 15.2 Å². The van der Waals surface area contributed by atoms with Crippen molar-refractivity contribution in [3.05, 3.63) is 89.2 Å². The number of hydrogen-bond acceptors (Lipinski definition) is 4. The number of hydrogen-bond donors (Lipinski definition) is 3. The highest BCUT2D eigenvalue weighted by molar-refractivity contribution is 5.86. The Morgan fingerprint density at radius 2 is 1.64 bits per heavy atom. The van der Waals surface area contributed by atoms with Crippen LogP contribution in [0.1, 0.15) is 28.6 Å². The first-order valence-electron chi connectivity index (χ1n) is 9.15. The Morgan fingerprint density at radius 1 is 0.893 bits per heavy atom. The summed E-state index contributed by atoms with van der Waals surface area (Å²) >= 11 is 0. The molecule has 2 heterocycles. The van der Waals surface area contributed by atoms with Gasteiger partial charge in [0, 0.05) is 28.3 Å². The summed E-state index contributed by atoms with van der Waals surface area (Å²) in [5, 5.41) is 25.1. The summed E-state index contributed by atoms with van der Waals surface area (Å²) < 4.78 is 0. The maximum atomic E-state index is 11.0. The van der Waals surface area contributed by atoms with Gasteiger partial charge in [-0.05, 0) is 44.2 Å². The summed E-state index contributed by atoms with van der Waals surface area (Å²) in [6.45, 7) is 3.89. The number of H-pyrrole nitrogens is 1. The molecule has 0 aliphatic rings. The van der Waals surface area contributed by atoms with Gasteiger partial charge in [-0.1, -0.05) is 30.3 Å². The molecule has 1 atom stereocenters. The minimum absolute atomic E-state index is 0.152. The number of fused-ring (bicyclic) bond motifs is 1. The van der Waals surface area contributed by atoms with Crippen LogP contribution in [0.25, 0.3) is 10.9 Å². The third kappa shape index (κ3) is 3.47. The fourth-order valence-corrected chi connectivity index (χ4v) is 3.35. The predicted molar refractivity (Wildman–Crippen MR) is 109 cm³/mol. The molecule has 5 nitrogen and oxygen atoms in total. The minimum Gasteiger partial charge on any atom is -0.508 e. The fourth-order valence-electron chi connectivity index (χ4n) is 3.35. The molecule has 0 bridgehead atoms. The quantitative estimate of drug-likeness (QED) is 0.500. The van der Waals surface area contributed by atoms with Crippen molar-refractivity contribution in [2.75, 3.05) is 5.32 Å². The number of phenolic OH excluding ortho intramolecular Hbond substituents is 2. The van der Waals surface area contributed by atoms with Crippen molar-refractivity contribution < 1.29 is 15.2 Å². The molecule has 0 aliphatic carbocycles. The molecular weight excluding hydrogens is 350 g/mol. The highest BCUT2D eigenvalue weighted by Crippen LogP contribution is 2.36. The molecule has 0 amide bonds. The number of aromatic hydroxyl groups is 2. The van der Waals surface area contributed by atoms with Crippen molar-refractivity contribution in [2.45, 2.75) is 19.9 Å². The second-order valence-electron chi connectivity index (χ2n) is 6.94. The molecule has 0 radical (unpaired) electrons. The van der Waals surface area contributed by atoms with Gasteiger partial charge in [-0.15, -0.1) is 0 Å². The monoisotopic (exact) mass is 372 g/mol. The Kier molecular flexibility index (Phi) is 4.57. The summed E-state index contributed by atoms with van der Waals surface area (Å²) in [6.07, 6.45) is 0. The molecule has 0 spiro atoms. The Balaban J connectivity index is 1.86. The number of anilines is 1. The van der Waals surface area contributed by atoms with Crippen molar-refractivity contribution in [2.24, 2.45) is 0 Å². The maximum absolute atomic E-state index is 11.0. The summed E-state index contributed by atoms with van der Waals surface area (Å²) in [5.41, 5.74) is 4.08. The second kappa shape index (κ2) is 7.19. The summed E-state index contributed by atoms with van der Waals surface area (Å²) in [4.78, 5) is 7.82. The van der Waals surface area contributed by atoms with E-state index < -0.39 is 0 Å². The molecule has 4 aromatic rings. The Morgan fingerprint density at radius 3 is 2.39 bits per heavy atom. The number of benzene rings is 2. The van der Waals surface area contributed by atoms with Crippen LogP contribution in [0.4, 0.5) is 5.82 Å². The third-order valence-corrected chi connectivity index (χ3v) is 4.78. The van der Waals surface area contributed by atoms with Crippen LogP contribution in [0.5, 0.6) is 11.5 Å². The summed E-state index contributed by atoms with van der Waals surface area (Å²) in [5.74, 6) is 1.18. The van der Waals surface area contributed by atoms with Gasteiger partial charge in [0.05, 0.1) is 5.69 Å². The van der Waals surface area contributed by atoms with Gasteiger partial charge in [0.15, 0.2) is 0 Å². The van der Waals surface area contributed by atoms with E-state index in [2.05, 4.69) is 15.3 Å². The van der Waals surface area contributed by atoms with Crippen LogP contribution >= 0.6 is 0 Å². The number of aromatic amines is 1. The number of nitrogens with zero attached hydrogens (tertiary/aromatic N) is 1. The lowest BCUT2D eigenvalue weighted by Gasteiger charge is -2.18. The number of pyridine rings is 2. The number of phenols is 2. The van der Waals surface area contributed by atoms with Gasteiger partial charge < -0.3 is 10.2 Å². The van der Waals surface area contributed by atoms with Crippen LogP contribution in [0, 0.1) is 13.8 Å². The lowest BCUT2D eigenvalue weighted by Crippen LogP contribution is -2.20. The van der Waals surface area contributed by atoms with Gasteiger partial charge in [0.1, 0.15) is 23.1 Å². The molecule has 2 aromatic carbocycles. The van der Waals surface area contributed by atoms with E-state index in [1.54, 1.807) is 12.1 Å². The molecule has 5 heteroatoms. The molecule has 4 N–H and O–H groups in total. The van der Waals surface area contributed by atoms with Crippen molar-refractivity contribution in [3.8, 4) is 11.5 Å². The van der Waals surface area contributed by atoms with Gasteiger partial charge in [0.2, 0.25) is 0 Å². The third-order valence-electron chi connectivity index (χ3n) is 4.78. The molecule has 0 saturated carbocycles. The van der Waals surface area contributed by atoms with Gasteiger partial charge >= 0.3 is 0 Å². The van der Waals surface area contributed by atoms with Crippen LogP contribution in [-0.2, 0) is 0 Å². The summed E-state index contributed by atoms with van der Waals surface area (Å²) in [7, 11) is 0. The normalized spacial score (nSPS) is 12.1. The van der Waals surface area contributed by atoms with E-state index in [0.29, 0.717) is 11.1 Å². The van der Waals surface area contributed by atoms with E-state index in [0.717, 1.165) is 28.2 Å². The SMILES string of the molecule is Cc1ccc2ccc([C@@H](Nc3cccc(C)[nH+]3)c3ccc(O)cc3)c(O)c2n1. The van der Waals surface area contributed by atoms with Gasteiger partial charge in [-0.3, -0.25) is 5.32 Å². The number of aryl methyl sites for hydroxylation is 2. The smallest absolute Gasteiger partial charge is 0.273 e. The highest BCUT2D eigenvalue weighted by atomic mass is 16.3. The fraction of sp³-hybridized carbons (Fsp3) is 0.130. The van der Waals surface area contributed by atoms with E-state index in [1.165, 1.54) is 0 Å². The van der Waals surface area contributed by atoms with Crippen LogP contribution in [0.3, 0.4) is 0 Å². The minimum atomic E-state index is -0.328. The first-order chi connectivity index (χ1) is 13.5. The van der Waals surface area contributed by atoms with Crippen LogP contribution in [0.2, 0.25) is 0 Å². The zero-order valence-corrected chi connectivity index (χ0v) is 15.8. The Bertz CT molecular complexity index is 1140. The first-order valence-corrected chi connectivity index (χ1v) is 9.15. The maximum Gasteiger partial charge on any atom is 0.273 e. The number of rotatable bonds is 4. The second-order valence-corrected chi connectivity index (χ2v) is 6.94. The molecular formula is C23H22N3O2+. The molecule has 28 heavy (non-hydrogen) atoms. The van der Waals surface area contributed by atoms with Crippen LogP contribution in [0.15, 0.2) is 66.7 Å². The lowest BCUT2D eigenvalue weighted by atomic mass is 9.96. The predicted octanol–water partition coefficient (Wildman–Crippen LogP) is 4.28. The molecule has 0 fully saturated rings. The molecule has 0 aliphatic heterocycles. The van der Waals surface area contributed by atoms with Crippen molar-refractivity contribution in [1.82, 2.24) is 4.98 Å². The first kappa shape index (κ1) is 17.8. The molecule has 0 unspecified atom stereocenters. The van der Waals surface area contributed by atoms with Gasteiger partial charge in [-0.25, -0.2) is 9.97 Å². The van der Waals surface area contributed by atoms with E-state index >= 15 is 0 Å². The number of nitrogens with one attached hydrogen (secondary N) is 2. The van der Waals surface area contributed by atoms with E-state index in [9.17, 15) is 10.2 Å². The summed E-state index contributed by atoms with van der Waals surface area (Å²) in [6, 6.07) is 20.3. The molecule has 4 rings (SSSR count). The largest absolute Gasteiger partial charge is 0.508 e. The lowest BCUT2D eigenvalue weighted by molar-refractivity contribution is -0.371. The highest BCUT2D eigenvalue weighted by Gasteiger charge is 2.24. The van der Waals surface area contributed by atoms with Crippen LogP contribution < -0.4 is 10.3 Å². The van der Waals surface area contributed by atoms with Gasteiger partial charge in [-0.2, -0.15) is 0 Å². The topological polar surface area (TPSA) is 79.5 Å². The number of aromatic nitrogens is 2. The zero-order valence-electron chi connectivity index (χ0n) is 15.8. The zero-order chi connectivity index (χ0) is 19.7. The Hall–Kier alpha value is -3.60.